The van der Waals surface area contributed by atoms with E-state index < -0.39 is 29.2 Å². The van der Waals surface area contributed by atoms with Crippen LogP contribution in [0.25, 0.3) is 0 Å². The first kappa shape index (κ1) is 18.1. The Bertz CT molecular complexity index is 990. The number of nitrogens with zero attached hydrogens (tertiary/aromatic N) is 4. The van der Waals surface area contributed by atoms with E-state index in [9.17, 15) is 19.5 Å². The number of pyridine rings is 1. The summed E-state index contributed by atoms with van der Waals surface area (Å²) in [4.78, 5) is 47.3. The van der Waals surface area contributed by atoms with Gasteiger partial charge < -0.3 is 24.6 Å². The van der Waals surface area contributed by atoms with Crippen LogP contribution in [-0.2, 0) is 17.8 Å². The zero-order chi connectivity index (χ0) is 19.8. The zero-order valence-corrected chi connectivity index (χ0v) is 15.2. The summed E-state index contributed by atoms with van der Waals surface area (Å²) in [5, 5.41) is 12.9. The van der Waals surface area contributed by atoms with Gasteiger partial charge in [-0.2, -0.15) is 0 Å². The van der Waals surface area contributed by atoms with Gasteiger partial charge in [0.15, 0.2) is 17.7 Å². The van der Waals surface area contributed by atoms with Gasteiger partial charge in [-0.3, -0.25) is 14.4 Å². The number of fused-ring (bicyclic) bond motifs is 2. The highest BCUT2D eigenvalue weighted by Gasteiger charge is 2.40. The Hall–Kier alpha value is -3.27. The predicted octanol–water partition coefficient (Wildman–Crippen LogP) is -0.135. The molecular weight excluding hydrogens is 366 g/mol. The van der Waals surface area contributed by atoms with E-state index in [1.165, 1.54) is 28.1 Å². The number of hydrogen-bond acceptors (Lipinski definition) is 7. The number of carbonyl (C=O) groups excluding carboxylic acids is 2. The summed E-state index contributed by atoms with van der Waals surface area (Å²) in [5.41, 5.74) is -1.28. The molecule has 0 bridgehead atoms. The summed E-state index contributed by atoms with van der Waals surface area (Å²) < 4.78 is 7.07. The molecule has 4 heterocycles. The van der Waals surface area contributed by atoms with Crippen LogP contribution in [0.3, 0.4) is 0 Å². The normalized spacial score (nSPS) is 21.0. The number of amides is 2. The number of ether oxygens (including phenoxy) is 1. The van der Waals surface area contributed by atoms with E-state index in [2.05, 4.69) is 15.3 Å². The number of nitrogens with one attached hydrogen (secondary N) is 1. The van der Waals surface area contributed by atoms with Gasteiger partial charge in [0, 0.05) is 24.6 Å². The van der Waals surface area contributed by atoms with Crippen molar-refractivity contribution in [1.29, 1.82) is 0 Å². The lowest BCUT2D eigenvalue weighted by molar-refractivity contribution is -0.112. The molecule has 0 radical (unpaired) electrons. The van der Waals surface area contributed by atoms with E-state index in [0.717, 1.165) is 0 Å². The minimum atomic E-state index is -0.893. The Labute approximate surface area is 159 Å². The molecule has 4 rings (SSSR count). The van der Waals surface area contributed by atoms with Crippen LogP contribution >= 0.6 is 0 Å². The van der Waals surface area contributed by atoms with Crippen LogP contribution in [0.5, 0.6) is 5.75 Å². The minimum Gasteiger partial charge on any atom is -0.503 e. The van der Waals surface area contributed by atoms with Crippen molar-refractivity contribution in [3.63, 3.8) is 0 Å². The molecule has 1 fully saturated rings. The van der Waals surface area contributed by atoms with Crippen molar-refractivity contribution >= 4 is 11.8 Å². The van der Waals surface area contributed by atoms with Crippen LogP contribution < -0.4 is 10.7 Å². The average Bonchev–Trinajstić information content (AvgIpc) is 2.69. The molecule has 2 aromatic heterocycles. The molecule has 2 aliphatic heterocycles. The Morgan fingerprint density at radius 2 is 2.11 bits per heavy atom. The van der Waals surface area contributed by atoms with Gasteiger partial charge in [0.2, 0.25) is 5.43 Å². The van der Waals surface area contributed by atoms with Crippen LogP contribution in [0.4, 0.5) is 0 Å². The summed E-state index contributed by atoms with van der Waals surface area (Å²) in [6, 6.07) is 1.58. The topological polar surface area (TPSA) is 127 Å². The molecule has 10 heteroatoms. The van der Waals surface area contributed by atoms with Crippen molar-refractivity contribution in [2.45, 2.75) is 38.7 Å². The van der Waals surface area contributed by atoms with Gasteiger partial charge in [-0.25, -0.2) is 9.97 Å². The summed E-state index contributed by atoms with van der Waals surface area (Å²) in [7, 11) is 0. The van der Waals surface area contributed by atoms with Gasteiger partial charge in [0.05, 0.1) is 19.7 Å². The van der Waals surface area contributed by atoms with E-state index in [1.54, 1.807) is 6.07 Å². The van der Waals surface area contributed by atoms with Crippen molar-refractivity contribution < 1.29 is 19.4 Å². The summed E-state index contributed by atoms with van der Waals surface area (Å²) >= 11 is 0. The highest BCUT2D eigenvalue weighted by atomic mass is 16.5. The number of aromatic hydroxyl groups is 1. The summed E-state index contributed by atoms with van der Waals surface area (Å²) in [6.07, 6.45) is 4.54. The lowest BCUT2D eigenvalue weighted by Crippen LogP contribution is -2.57. The summed E-state index contributed by atoms with van der Waals surface area (Å²) in [5.74, 6) is -1.52. The van der Waals surface area contributed by atoms with Crippen molar-refractivity contribution in [3.05, 3.63) is 52.0 Å². The highest BCUT2D eigenvalue weighted by Crippen LogP contribution is 2.29. The largest absolute Gasteiger partial charge is 0.503 e. The highest BCUT2D eigenvalue weighted by molar-refractivity contribution is 5.99. The monoisotopic (exact) mass is 385 g/mol. The predicted molar refractivity (Wildman–Crippen MR) is 95.6 cm³/mol. The van der Waals surface area contributed by atoms with E-state index in [-0.39, 0.29) is 30.4 Å². The molecule has 1 saturated heterocycles. The van der Waals surface area contributed by atoms with Gasteiger partial charge >= 0.3 is 0 Å². The van der Waals surface area contributed by atoms with Crippen LogP contribution in [0, 0.1) is 0 Å². The van der Waals surface area contributed by atoms with Gasteiger partial charge in [-0.15, -0.1) is 0 Å². The van der Waals surface area contributed by atoms with E-state index in [0.29, 0.717) is 18.9 Å². The second kappa shape index (κ2) is 7.04. The first-order valence-corrected chi connectivity index (χ1v) is 8.92. The fourth-order valence-corrected chi connectivity index (χ4v) is 3.50. The smallest absolute Gasteiger partial charge is 0.276 e. The number of aromatic nitrogens is 3. The van der Waals surface area contributed by atoms with Crippen molar-refractivity contribution in [3.8, 4) is 5.75 Å². The fourth-order valence-electron chi connectivity index (χ4n) is 3.50. The molecule has 2 amide bonds. The molecule has 28 heavy (non-hydrogen) atoms. The van der Waals surface area contributed by atoms with Gasteiger partial charge in [-0.1, -0.05) is 0 Å². The fraction of sp³-hybridized carbons (Fsp3) is 0.389. The molecule has 0 spiro atoms. The lowest BCUT2D eigenvalue weighted by atomic mass is 10.1. The van der Waals surface area contributed by atoms with Crippen molar-refractivity contribution in [1.82, 2.24) is 24.8 Å². The van der Waals surface area contributed by atoms with E-state index in [4.69, 9.17) is 4.74 Å². The maximum atomic E-state index is 12.8. The first-order valence-electron chi connectivity index (χ1n) is 8.92. The molecule has 2 atom stereocenters. The lowest BCUT2D eigenvalue weighted by Gasteiger charge is -2.44. The third-order valence-electron chi connectivity index (χ3n) is 4.95. The maximum absolute atomic E-state index is 12.8. The molecule has 10 nitrogen and oxygen atoms in total. The van der Waals surface area contributed by atoms with Gasteiger partial charge in [-0.05, 0) is 19.4 Å². The van der Waals surface area contributed by atoms with Crippen molar-refractivity contribution in [2.75, 3.05) is 6.61 Å². The minimum absolute atomic E-state index is 0.0254. The van der Waals surface area contributed by atoms with Gasteiger partial charge in [0.1, 0.15) is 11.4 Å². The third-order valence-corrected chi connectivity index (χ3v) is 4.95. The molecule has 2 N–H and O–H groups in total. The average molecular weight is 385 g/mol. The summed E-state index contributed by atoms with van der Waals surface area (Å²) in [6.45, 7) is 2.66. The SMILES string of the molecule is C[C@@H]1CCOC2Cn3cc(C(=O)NCc4ncccn4)c(=O)c(O)c3C(=O)N21. The van der Waals surface area contributed by atoms with Crippen LogP contribution in [0.15, 0.2) is 29.5 Å². The van der Waals surface area contributed by atoms with E-state index in [1.807, 2.05) is 6.92 Å². The van der Waals surface area contributed by atoms with Crippen LogP contribution in [-0.4, -0.2) is 55.2 Å². The van der Waals surface area contributed by atoms with Gasteiger partial charge in [0.25, 0.3) is 11.8 Å². The van der Waals surface area contributed by atoms with E-state index >= 15 is 0 Å². The standard InChI is InChI=1S/C18H19N5O5/c1-10-3-6-28-13-9-22-8-11(15(24)16(25)14(22)18(27)23(10)13)17(26)21-7-12-19-4-2-5-20-12/h2,4-5,8,10,13,25H,3,6-7,9H2,1H3,(H,21,26)/t10-,13?/m1/s1. The Kier molecular flexibility index (Phi) is 4.55. The van der Waals surface area contributed by atoms with Crippen LogP contribution in [0.1, 0.15) is 40.0 Å². The molecule has 146 valence electrons. The molecule has 0 saturated carbocycles. The number of rotatable bonds is 3. The molecule has 0 aliphatic carbocycles. The molecule has 2 aliphatic rings. The molecule has 2 aromatic rings. The quantitative estimate of drug-likeness (QED) is 0.753. The first-order chi connectivity index (χ1) is 13.5. The van der Waals surface area contributed by atoms with Crippen molar-refractivity contribution in [2.24, 2.45) is 0 Å². The third kappa shape index (κ3) is 3.01. The number of carbonyl (C=O) groups is 2. The Balaban J connectivity index is 1.65. The number of hydrogen-bond donors (Lipinski definition) is 2. The molecule has 1 unspecified atom stereocenters. The molecule has 0 aromatic carbocycles. The molecular formula is C18H19N5O5. The Morgan fingerprint density at radius 1 is 1.36 bits per heavy atom. The second-order valence-corrected chi connectivity index (χ2v) is 6.74. The maximum Gasteiger partial charge on any atom is 0.276 e. The Morgan fingerprint density at radius 3 is 2.86 bits per heavy atom. The van der Waals surface area contributed by atoms with Crippen LogP contribution in [0.2, 0.25) is 0 Å². The second-order valence-electron chi connectivity index (χ2n) is 6.74. The zero-order valence-electron chi connectivity index (χ0n) is 15.2.